The Balaban J connectivity index is 2.68. The zero-order valence-electron chi connectivity index (χ0n) is 10.7. The first kappa shape index (κ1) is 14.6. The van der Waals surface area contributed by atoms with Crippen LogP contribution < -0.4 is 5.73 Å². The van der Waals surface area contributed by atoms with E-state index in [4.69, 9.17) is 5.73 Å². The lowest BCUT2D eigenvalue weighted by Crippen LogP contribution is -2.22. The molecule has 0 spiro atoms. The average molecular weight is 253 g/mol. The van der Waals surface area contributed by atoms with Crippen molar-refractivity contribution in [3.63, 3.8) is 0 Å². The van der Waals surface area contributed by atoms with Gasteiger partial charge in [-0.05, 0) is 42.2 Å². The van der Waals surface area contributed by atoms with Crippen molar-refractivity contribution in [1.29, 1.82) is 0 Å². The molecular weight excluding hydrogens is 230 g/mol. The number of benzene rings is 1. The van der Waals surface area contributed by atoms with E-state index in [1.807, 2.05) is 11.8 Å². The molecule has 2 atom stereocenters. The Kier molecular flexibility index (Phi) is 6.63. The van der Waals surface area contributed by atoms with Gasteiger partial charge in [-0.25, -0.2) is 0 Å². The van der Waals surface area contributed by atoms with Gasteiger partial charge in [0.25, 0.3) is 0 Å². The molecule has 0 amide bonds. The van der Waals surface area contributed by atoms with Gasteiger partial charge in [-0.15, -0.1) is 11.8 Å². The van der Waals surface area contributed by atoms with E-state index in [9.17, 15) is 5.11 Å². The van der Waals surface area contributed by atoms with Crippen LogP contribution in [0.3, 0.4) is 0 Å². The van der Waals surface area contributed by atoms with E-state index >= 15 is 0 Å². The Morgan fingerprint density at radius 2 is 1.88 bits per heavy atom. The molecule has 0 saturated carbocycles. The third kappa shape index (κ3) is 4.70. The standard InChI is InChI=1S/C14H23NOS/c1-3-11(9-13(16)10-15)12-5-7-14(8-6-12)17-4-2/h5-8,11,13,16H,3-4,9-10,15H2,1-2H3. The van der Waals surface area contributed by atoms with Crippen molar-refractivity contribution in [2.75, 3.05) is 12.3 Å². The second-order valence-corrected chi connectivity index (χ2v) is 5.57. The third-order valence-electron chi connectivity index (χ3n) is 2.98. The highest BCUT2D eigenvalue weighted by molar-refractivity contribution is 7.99. The van der Waals surface area contributed by atoms with Gasteiger partial charge >= 0.3 is 0 Å². The summed E-state index contributed by atoms with van der Waals surface area (Å²) in [6, 6.07) is 8.69. The van der Waals surface area contributed by atoms with Crippen LogP contribution in [-0.4, -0.2) is 23.5 Å². The highest BCUT2D eigenvalue weighted by Gasteiger charge is 2.13. The number of aliphatic hydroxyl groups is 1. The van der Waals surface area contributed by atoms with Crippen LogP contribution in [0.2, 0.25) is 0 Å². The van der Waals surface area contributed by atoms with Gasteiger partial charge in [0, 0.05) is 11.4 Å². The maximum Gasteiger partial charge on any atom is 0.0668 e. The van der Waals surface area contributed by atoms with Crippen molar-refractivity contribution in [3.05, 3.63) is 29.8 Å². The summed E-state index contributed by atoms with van der Waals surface area (Å²) >= 11 is 1.85. The third-order valence-corrected chi connectivity index (χ3v) is 3.88. The summed E-state index contributed by atoms with van der Waals surface area (Å²) in [6.45, 7) is 4.66. The Labute approximate surface area is 109 Å². The fourth-order valence-electron chi connectivity index (χ4n) is 1.97. The summed E-state index contributed by atoms with van der Waals surface area (Å²) < 4.78 is 0. The van der Waals surface area contributed by atoms with E-state index in [0.717, 1.165) is 18.6 Å². The molecule has 2 unspecified atom stereocenters. The van der Waals surface area contributed by atoms with E-state index < -0.39 is 0 Å². The van der Waals surface area contributed by atoms with Crippen molar-refractivity contribution in [1.82, 2.24) is 0 Å². The van der Waals surface area contributed by atoms with Crippen molar-refractivity contribution in [3.8, 4) is 0 Å². The second-order valence-electron chi connectivity index (χ2n) is 4.23. The molecule has 2 nitrogen and oxygen atoms in total. The molecule has 0 saturated heterocycles. The molecule has 1 rings (SSSR count). The first-order valence-corrected chi connectivity index (χ1v) is 7.30. The van der Waals surface area contributed by atoms with E-state index in [2.05, 4.69) is 38.1 Å². The van der Waals surface area contributed by atoms with Crippen LogP contribution in [0.4, 0.5) is 0 Å². The van der Waals surface area contributed by atoms with Gasteiger partial charge in [-0.1, -0.05) is 26.0 Å². The van der Waals surface area contributed by atoms with E-state index in [-0.39, 0.29) is 6.10 Å². The monoisotopic (exact) mass is 253 g/mol. The van der Waals surface area contributed by atoms with Crippen molar-refractivity contribution >= 4 is 11.8 Å². The molecule has 1 aromatic carbocycles. The zero-order chi connectivity index (χ0) is 12.7. The van der Waals surface area contributed by atoms with E-state index in [1.54, 1.807) is 0 Å². The molecular formula is C14H23NOS. The summed E-state index contributed by atoms with van der Waals surface area (Å²) in [7, 11) is 0. The zero-order valence-corrected chi connectivity index (χ0v) is 11.5. The number of thioether (sulfide) groups is 1. The Morgan fingerprint density at radius 3 is 2.35 bits per heavy atom. The fraction of sp³-hybridized carbons (Fsp3) is 0.571. The highest BCUT2D eigenvalue weighted by atomic mass is 32.2. The van der Waals surface area contributed by atoms with Gasteiger partial charge in [0.2, 0.25) is 0 Å². The number of nitrogens with two attached hydrogens (primary N) is 1. The van der Waals surface area contributed by atoms with Gasteiger partial charge in [0.05, 0.1) is 6.10 Å². The molecule has 17 heavy (non-hydrogen) atoms. The molecule has 96 valence electrons. The van der Waals surface area contributed by atoms with Crippen LogP contribution in [0.1, 0.15) is 38.2 Å². The maximum absolute atomic E-state index is 9.63. The van der Waals surface area contributed by atoms with Crippen LogP contribution in [0.15, 0.2) is 29.2 Å². The van der Waals surface area contributed by atoms with Gasteiger partial charge in [0.1, 0.15) is 0 Å². The summed E-state index contributed by atoms with van der Waals surface area (Å²) in [5.41, 5.74) is 6.77. The largest absolute Gasteiger partial charge is 0.392 e. The van der Waals surface area contributed by atoms with Crippen molar-refractivity contribution < 1.29 is 5.11 Å². The minimum atomic E-state index is -0.385. The molecule has 0 bridgehead atoms. The van der Waals surface area contributed by atoms with Crippen LogP contribution in [0, 0.1) is 0 Å². The Morgan fingerprint density at radius 1 is 1.24 bits per heavy atom. The SMILES string of the molecule is CCSc1ccc(C(CC)CC(O)CN)cc1. The first-order valence-electron chi connectivity index (χ1n) is 6.32. The molecule has 3 N–H and O–H groups in total. The lowest BCUT2D eigenvalue weighted by atomic mass is 9.91. The number of hydrogen-bond donors (Lipinski definition) is 2. The van der Waals surface area contributed by atoms with Crippen molar-refractivity contribution in [2.24, 2.45) is 5.73 Å². The van der Waals surface area contributed by atoms with Crippen LogP contribution in [0.5, 0.6) is 0 Å². The van der Waals surface area contributed by atoms with Crippen LogP contribution >= 0.6 is 11.8 Å². The quantitative estimate of drug-likeness (QED) is 0.734. The molecule has 0 aliphatic rings. The van der Waals surface area contributed by atoms with Crippen molar-refractivity contribution in [2.45, 2.75) is 43.6 Å². The molecule has 1 aromatic rings. The summed E-state index contributed by atoms with van der Waals surface area (Å²) in [5.74, 6) is 1.51. The maximum atomic E-state index is 9.63. The van der Waals surface area contributed by atoms with E-state index in [1.165, 1.54) is 10.5 Å². The smallest absolute Gasteiger partial charge is 0.0668 e. The lowest BCUT2D eigenvalue weighted by Gasteiger charge is -2.18. The number of aliphatic hydroxyl groups excluding tert-OH is 1. The minimum absolute atomic E-state index is 0.347. The normalized spacial score (nSPS) is 14.6. The minimum Gasteiger partial charge on any atom is -0.392 e. The lowest BCUT2D eigenvalue weighted by molar-refractivity contribution is 0.162. The van der Waals surface area contributed by atoms with Gasteiger partial charge in [-0.2, -0.15) is 0 Å². The average Bonchev–Trinajstić information content (AvgIpc) is 2.37. The second kappa shape index (κ2) is 7.75. The fourth-order valence-corrected chi connectivity index (χ4v) is 2.63. The first-order chi connectivity index (χ1) is 8.21. The Hall–Kier alpha value is -0.510. The van der Waals surface area contributed by atoms with Gasteiger partial charge in [0.15, 0.2) is 0 Å². The number of rotatable bonds is 7. The molecule has 0 fully saturated rings. The summed E-state index contributed by atoms with van der Waals surface area (Å²) in [6.07, 6.45) is 1.41. The van der Waals surface area contributed by atoms with Crippen LogP contribution in [-0.2, 0) is 0 Å². The molecule has 0 aliphatic heterocycles. The molecule has 0 aliphatic carbocycles. The predicted molar refractivity (Wildman–Crippen MR) is 75.6 cm³/mol. The molecule has 3 heteroatoms. The highest BCUT2D eigenvalue weighted by Crippen LogP contribution is 2.27. The molecule has 0 radical (unpaired) electrons. The Bertz CT molecular complexity index is 313. The van der Waals surface area contributed by atoms with Crippen LogP contribution in [0.25, 0.3) is 0 Å². The van der Waals surface area contributed by atoms with E-state index in [0.29, 0.717) is 12.5 Å². The predicted octanol–water partition coefficient (Wildman–Crippen LogP) is 3.00. The summed E-state index contributed by atoms with van der Waals surface area (Å²) in [4.78, 5) is 1.31. The topological polar surface area (TPSA) is 46.2 Å². The van der Waals surface area contributed by atoms with Gasteiger partial charge < -0.3 is 10.8 Å². The molecule has 0 heterocycles. The van der Waals surface area contributed by atoms with Gasteiger partial charge in [-0.3, -0.25) is 0 Å². The number of hydrogen-bond acceptors (Lipinski definition) is 3. The summed E-state index contributed by atoms with van der Waals surface area (Å²) in [5, 5.41) is 9.63. The molecule has 0 aromatic heterocycles.